The van der Waals surface area contributed by atoms with Crippen LogP contribution in [0.5, 0.6) is 0 Å². The van der Waals surface area contributed by atoms with Gasteiger partial charge in [0, 0.05) is 0 Å². The highest BCUT2D eigenvalue weighted by molar-refractivity contribution is 7.62. The molecule has 0 saturated heterocycles. The van der Waals surface area contributed by atoms with Crippen molar-refractivity contribution in [3.05, 3.63) is 0 Å². The summed E-state index contributed by atoms with van der Waals surface area (Å²) in [6, 6.07) is 0. The molecule has 0 rings (SSSR count). The van der Waals surface area contributed by atoms with Gasteiger partial charge in [-0.15, -0.1) is 0 Å². The zero-order chi connectivity index (χ0) is 6.62. The third kappa shape index (κ3) is 2.44. The van der Waals surface area contributed by atoms with Crippen LogP contribution in [0.25, 0.3) is 0 Å². The van der Waals surface area contributed by atoms with Crippen molar-refractivity contribution in [1.82, 2.24) is 0 Å². The van der Waals surface area contributed by atoms with Crippen LogP contribution in [0.2, 0.25) is 0 Å². The van der Waals surface area contributed by atoms with Gasteiger partial charge < -0.3 is 0 Å². The summed E-state index contributed by atoms with van der Waals surface area (Å²) in [5.74, 6) is 0. The third-order valence-corrected chi connectivity index (χ3v) is 3.14. The fraction of sp³-hybridized carbons (Fsp3) is 1.00. The minimum absolute atomic E-state index is 0.278. The maximum atomic E-state index is 8.84. The summed E-state index contributed by atoms with van der Waals surface area (Å²) in [5.41, 5.74) is 0. The highest BCUT2D eigenvalue weighted by Crippen LogP contribution is 2.58. The monoisotopic (exact) mass is 179 g/mol. The van der Waals surface area contributed by atoms with Gasteiger partial charge in [-0.3, -0.25) is 0 Å². The zero-order valence-electron chi connectivity index (χ0n) is 4.17. The van der Waals surface area contributed by atoms with Crippen LogP contribution in [0.4, 0.5) is 0 Å². The van der Waals surface area contributed by atoms with E-state index >= 15 is 0 Å². The Morgan fingerprint density at radius 3 is 1.88 bits per heavy atom. The average Bonchev–Trinajstić information content (AvgIpc) is 1.87. The molecule has 0 spiro atoms. The van der Waals surface area contributed by atoms with E-state index in [2.05, 4.69) is 8.15 Å². The predicted octanol–water partition coefficient (Wildman–Crippen LogP) is 2.10. The Hall–Kier alpha value is 0.890. The lowest BCUT2D eigenvalue weighted by Gasteiger charge is -2.03. The van der Waals surface area contributed by atoms with Crippen LogP contribution >= 0.6 is 31.7 Å². The highest BCUT2D eigenvalue weighted by Gasteiger charge is 2.39. The molecule has 0 saturated carbocycles. The van der Waals surface area contributed by atoms with Gasteiger partial charge in [0.1, 0.15) is 29.9 Å². The average molecular weight is 180 g/mol. The summed E-state index contributed by atoms with van der Waals surface area (Å²) < 4.78 is 8.04. The minimum Gasteiger partial charge on any atom is -0.190 e. The van der Waals surface area contributed by atoms with Gasteiger partial charge in [-0.2, -0.15) is 4.89 Å². The molecule has 6 heteroatoms. The quantitative estimate of drug-likeness (QED) is 0.675. The lowest BCUT2D eigenvalue weighted by molar-refractivity contribution is 0.377. The first-order valence-electron chi connectivity index (χ1n) is 1.90. The maximum absolute atomic E-state index is 8.84. The number of halogens is 2. The summed E-state index contributed by atoms with van der Waals surface area (Å²) >= 11 is 9.60. The SMILES string of the molecule is CC[P+](O)(OCl)OCl. The second-order valence-corrected chi connectivity index (χ2v) is 4.10. The Kier molecular flexibility index (Phi) is 4.26. The molecule has 3 nitrogen and oxygen atoms in total. The molecule has 0 aliphatic rings. The predicted molar refractivity (Wildman–Crippen MR) is 33.6 cm³/mol. The van der Waals surface area contributed by atoms with Crippen molar-refractivity contribution in [2.75, 3.05) is 6.16 Å². The molecule has 0 radical (unpaired) electrons. The normalized spacial score (nSPS) is 12.0. The summed E-state index contributed by atoms with van der Waals surface area (Å²) in [4.78, 5) is 8.84. The molecule has 0 bridgehead atoms. The lowest BCUT2D eigenvalue weighted by Crippen LogP contribution is -1.92. The molecule has 0 fully saturated rings. The van der Waals surface area contributed by atoms with Crippen molar-refractivity contribution >= 4 is 31.7 Å². The number of hydrogen-bond acceptors (Lipinski definition) is 3. The third-order valence-electron chi connectivity index (χ3n) is 0.615. The molecule has 0 amide bonds. The maximum Gasteiger partial charge on any atom is 0.451 e. The minimum atomic E-state index is -2.88. The fourth-order valence-corrected chi connectivity index (χ4v) is 1.17. The molecule has 0 unspecified atom stereocenters. The molecule has 0 heterocycles. The Bertz CT molecular complexity index is 58.0. The molecule has 0 atom stereocenters. The molecule has 50 valence electrons. The standard InChI is InChI=1S/C2H6Cl2O3P/c1-2-8(5,6-3)7-4/h5H,2H2,1H3/q+1. The number of rotatable bonds is 3. The molecule has 0 aliphatic heterocycles. The second-order valence-electron chi connectivity index (χ2n) is 1.09. The molecular weight excluding hydrogens is 174 g/mol. The first-order chi connectivity index (χ1) is 3.68. The van der Waals surface area contributed by atoms with Crippen molar-refractivity contribution in [2.45, 2.75) is 6.92 Å². The molecule has 0 aromatic carbocycles. The largest absolute Gasteiger partial charge is 0.451 e. The van der Waals surface area contributed by atoms with E-state index in [1.807, 2.05) is 0 Å². The second kappa shape index (κ2) is 3.83. The van der Waals surface area contributed by atoms with Crippen molar-refractivity contribution in [1.29, 1.82) is 0 Å². The highest BCUT2D eigenvalue weighted by atomic mass is 35.5. The van der Waals surface area contributed by atoms with Crippen molar-refractivity contribution < 1.29 is 13.0 Å². The van der Waals surface area contributed by atoms with E-state index in [-0.39, 0.29) is 6.16 Å². The Labute approximate surface area is 58.4 Å². The summed E-state index contributed by atoms with van der Waals surface area (Å²) in [6.07, 6.45) is 0.278. The van der Waals surface area contributed by atoms with Gasteiger partial charge in [0.25, 0.3) is 0 Å². The van der Waals surface area contributed by atoms with Gasteiger partial charge >= 0.3 is 7.94 Å². The van der Waals surface area contributed by atoms with E-state index in [0.29, 0.717) is 0 Å². The van der Waals surface area contributed by atoms with Crippen LogP contribution in [0.1, 0.15) is 6.92 Å². The Balaban J connectivity index is 3.58. The zero-order valence-corrected chi connectivity index (χ0v) is 6.58. The van der Waals surface area contributed by atoms with Crippen molar-refractivity contribution in [3.8, 4) is 0 Å². The van der Waals surface area contributed by atoms with Gasteiger partial charge in [0.05, 0.1) is 0 Å². The first kappa shape index (κ1) is 8.89. The van der Waals surface area contributed by atoms with Gasteiger partial charge in [-0.25, -0.2) is 0 Å². The molecule has 0 aromatic rings. The summed E-state index contributed by atoms with van der Waals surface area (Å²) in [5, 5.41) is 0. The molecule has 1 N–H and O–H groups in total. The molecular formula is C2H6Cl2O3P+. The van der Waals surface area contributed by atoms with Crippen LogP contribution < -0.4 is 0 Å². The van der Waals surface area contributed by atoms with Crippen LogP contribution in [0, 0.1) is 0 Å². The van der Waals surface area contributed by atoms with E-state index in [0.717, 1.165) is 0 Å². The lowest BCUT2D eigenvalue weighted by atomic mass is 11.0. The fourth-order valence-electron chi connectivity index (χ4n) is 0.108. The first-order valence-corrected chi connectivity index (χ1v) is 4.28. The number of hydrogen-bond donors (Lipinski definition) is 1. The van der Waals surface area contributed by atoms with Gasteiger partial charge in [-0.1, -0.05) is 8.15 Å². The van der Waals surface area contributed by atoms with E-state index in [4.69, 9.17) is 28.6 Å². The van der Waals surface area contributed by atoms with Crippen LogP contribution in [0.3, 0.4) is 0 Å². The molecule has 8 heavy (non-hydrogen) atoms. The van der Waals surface area contributed by atoms with Crippen molar-refractivity contribution in [2.24, 2.45) is 0 Å². The Morgan fingerprint density at radius 1 is 1.50 bits per heavy atom. The smallest absolute Gasteiger partial charge is 0.190 e. The van der Waals surface area contributed by atoms with E-state index in [9.17, 15) is 0 Å². The van der Waals surface area contributed by atoms with E-state index in [1.54, 1.807) is 6.92 Å². The summed E-state index contributed by atoms with van der Waals surface area (Å²) in [6.45, 7) is 1.65. The molecule has 0 aliphatic carbocycles. The molecule has 0 aromatic heterocycles. The van der Waals surface area contributed by atoms with E-state index in [1.165, 1.54) is 0 Å². The van der Waals surface area contributed by atoms with Crippen LogP contribution in [-0.4, -0.2) is 11.1 Å². The van der Waals surface area contributed by atoms with Gasteiger partial charge in [0.15, 0.2) is 0 Å². The van der Waals surface area contributed by atoms with E-state index < -0.39 is 7.94 Å². The van der Waals surface area contributed by atoms with Crippen LogP contribution in [0.15, 0.2) is 0 Å². The van der Waals surface area contributed by atoms with Gasteiger partial charge in [-0.05, 0) is 6.92 Å². The van der Waals surface area contributed by atoms with Crippen LogP contribution in [-0.2, 0) is 8.15 Å². The van der Waals surface area contributed by atoms with Crippen molar-refractivity contribution in [3.63, 3.8) is 0 Å². The topological polar surface area (TPSA) is 38.7 Å². The Morgan fingerprint density at radius 2 is 1.88 bits per heavy atom. The summed E-state index contributed by atoms with van der Waals surface area (Å²) in [7, 11) is -2.88. The van der Waals surface area contributed by atoms with Gasteiger partial charge in [0.2, 0.25) is 0 Å².